The summed E-state index contributed by atoms with van der Waals surface area (Å²) in [6.07, 6.45) is 0. The smallest absolute Gasteiger partial charge is 0.254 e. The van der Waals surface area contributed by atoms with Crippen LogP contribution in [-0.4, -0.2) is 29.8 Å². The first-order valence-corrected chi connectivity index (χ1v) is 8.02. The monoisotopic (exact) mass is 364 g/mol. The fraction of sp³-hybridized carbons (Fsp3) is 0.263. The predicted molar refractivity (Wildman–Crippen MR) is 90.9 cm³/mol. The number of aryl methyl sites for hydroxylation is 1. The van der Waals surface area contributed by atoms with E-state index in [0.717, 1.165) is 17.2 Å². The average molecular weight is 364 g/mol. The Bertz CT molecular complexity index is 807. The maximum absolute atomic E-state index is 13.6. The first-order chi connectivity index (χ1) is 12.3. The Morgan fingerprint density at radius 2 is 1.65 bits per heavy atom. The lowest BCUT2D eigenvalue weighted by molar-refractivity contribution is -0.129. The van der Waals surface area contributed by atoms with Gasteiger partial charge in [-0.05, 0) is 24.6 Å². The summed E-state index contributed by atoms with van der Waals surface area (Å²) < 4.78 is 39.7. The lowest BCUT2D eigenvalue weighted by Crippen LogP contribution is -2.37. The predicted octanol–water partition coefficient (Wildman–Crippen LogP) is 3.19. The van der Waals surface area contributed by atoms with Crippen molar-refractivity contribution in [3.63, 3.8) is 0 Å². The second kappa shape index (κ2) is 8.51. The largest absolute Gasteiger partial charge is 0.350 e. The van der Waals surface area contributed by atoms with Gasteiger partial charge in [0, 0.05) is 26.6 Å². The van der Waals surface area contributed by atoms with Crippen LogP contribution in [0.2, 0.25) is 0 Å². The van der Waals surface area contributed by atoms with Crippen LogP contribution in [0.3, 0.4) is 0 Å². The normalized spacial score (nSPS) is 10.5. The van der Waals surface area contributed by atoms with Gasteiger partial charge in [-0.25, -0.2) is 13.2 Å². The van der Waals surface area contributed by atoms with Crippen molar-refractivity contribution in [3.05, 3.63) is 70.5 Å². The van der Waals surface area contributed by atoms with Crippen LogP contribution < -0.4 is 5.32 Å². The van der Waals surface area contributed by atoms with Gasteiger partial charge in [-0.3, -0.25) is 9.59 Å². The molecule has 0 aromatic heterocycles. The van der Waals surface area contributed by atoms with Crippen molar-refractivity contribution in [2.24, 2.45) is 0 Å². The fourth-order valence-corrected chi connectivity index (χ4v) is 2.36. The Kier molecular flexibility index (Phi) is 6.38. The van der Waals surface area contributed by atoms with Crippen LogP contribution in [-0.2, 0) is 11.3 Å². The van der Waals surface area contributed by atoms with Gasteiger partial charge in [0.25, 0.3) is 5.91 Å². The number of halogens is 3. The van der Waals surface area contributed by atoms with E-state index in [1.54, 1.807) is 0 Å². The summed E-state index contributed by atoms with van der Waals surface area (Å²) in [7, 11) is 0. The maximum Gasteiger partial charge on any atom is 0.254 e. The van der Waals surface area contributed by atoms with Gasteiger partial charge in [-0.2, -0.15) is 0 Å². The van der Waals surface area contributed by atoms with Gasteiger partial charge < -0.3 is 10.2 Å². The average Bonchev–Trinajstić information content (AvgIpc) is 2.60. The maximum atomic E-state index is 13.6. The second-order valence-corrected chi connectivity index (χ2v) is 5.90. The van der Waals surface area contributed by atoms with E-state index in [2.05, 4.69) is 5.32 Å². The number of benzene rings is 2. The van der Waals surface area contributed by atoms with Crippen molar-refractivity contribution >= 4 is 11.8 Å². The molecule has 0 aliphatic rings. The van der Waals surface area contributed by atoms with Crippen molar-refractivity contribution in [3.8, 4) is 0 Å². The molecular formula is C19H19F3N2O2. The minimum absolute atomic E-state index is 0.0444. The van der Waals surface area contributed by atoms with Gasteiger partial charge >= 0.3 is 0 Å². The molecule has 2 aromatic carbocycles. The highest BCUT2D eigenvalue weighted by Gasteiger charge is 2.19. The first kappa shape index (κ1) is 19.5. The molecule has 0 saturated heterocycles. The third kappa shape index (κ3) is 4.84. The molecule has 2 amide bonds. The number of hydrogen-bond donors (Lipinski definition) is 1. The zero-order valence-electron chi connectivity index (χ0n) is 14.5. The molecule has 26 heavy (non-hydrogen) atoms. The lowest BCUT2D eigenvalue weighted by atomic mass is 10.1. The SMILES string of the molecule is CC(=O)N(CCNC(=O)c1ccc(F)c(F)c1F)Cc1ccc(C)cc1. The molecule has 138 valence electrons. The summed E-state index contributed by atoms with van der Waals surface area (Å²) in [5, 5.41) is 2.40. The molecule has 0 aliphatic carbocycles. The molecule has 4 nitrogen and oxygen atoms in total. The van der Waals surface area contributed by atoms with E-state index in [4.69, 9.17) is 0 Å². The number of carbonyl (C=O) groups excluding carboxylic acids is 2. The number of hydrogen-bond acceptors (Lipinski definition) is 2. The van der Waals surface area contributed by atoms with Gasteiger partial charge in [0.1, 0.15) is 0 Å². The Morgan fingerprint density at radius 3 is 2.27 bits per heavy atom. The first-order valence-electron chi connectivity index (χ1n) is 8.02. The fourth-order valence-electron chi connectivity index (χ4n) is 2.36. The van der Waals surface area contributed by atoms with Crippen LogP contribution in [0, 0.1) is 24.4 Å². The summed E-state index contributed by atoms with van der Waals surface area (Å²) in [6.45, 7) is 3.97. The van der Waals surface area contributed by atoms with Crippen LogP contribution in [0.4, 0.5) is 13.2 Å². The van der Waals surface area contributed by atoms with Gasteiger partial charge in [0.15, 0.2) is 17.5 Å². The van der Waals surface area contributed by atoms with E-state index in [0.29, 0.717) is 12.6 Å². The molecule has 7 heteroatoms. The van der Waals surface area contributed by atoms with Crippen LogP contribution >= 0.6 is 0 Å². The third-order valence-electron chi connectivity index (χ3n) is 3.89. The number of carbonyl (C=O) groups is 2. The van der Waals surface area contributed by atoms with Crippen LogP contribution in [0.5, 0.6) is 0 Å². The Labute approximate surface area is 149 Å². The molecule has 0 saturated carbocycles. The highest BCUT2D eigenvalue weighted by molar-refractivity contribution is 5.94. The number of amides is 2. The Balaban J connectivity index is 1.95. The van der Waals surface area contributed by atoms with Crippen molar-refractivity contribution in [1.82, 2.24) is 10.2 Å². The van der Waals surface area contributed by atoms with E-state index in [1.807, 2.05) is 31.2 Å². The lowest BCUT2D eigenvalue weighted by Gasteiger charge is -2.21. The molecular weight excluding hydrogens is 345 g/mol. The molecule has 2 aromatic rings. The quantitative estimate of drug-likeness (QED) is 0.801. The Hall–Kier alpha value is -2.83. The summed E-state index contributed by atoms with van der Waals surface area (Å²) in [5.74, 6) is -5.65. The number of rotatable bonds is 6. The summed E-state index contributed by atoms with van der Waals surface area (Å²) in [5.41, 5.74) is 1.45. The summed E-state index contributed by atoms with van der Waals surface area (Å²) >= 11 is 0. The van der Waals surface area contributed by atoms with Crippen LogP contribution in [0.25, 0.3) is 0 Å². The van der Waals surface area contributed by atoms with Crippen molar-refractivity contribution in [2.45, 2.75) is 20.4 Å². The van der Waals surface area contributed by atoms with Crippen molar-refractivity contribution in [1.29, 1.82) is 0 Å². The van der Waals surface area contributed by atoms with E-state index in [1.165, 1.54) is 11.8 Å². The second-order valence-electron chi connectivity index (χ2n) is 5.90. The highest BCUT2D eigenvalue weighted by atomic mass is 19.2. The minimum atomic E-state index is -1.69. The highest BCUT2D eigenvalue weighted by Crippen LogP contribution is 2.15. The number of nitrogens with zero attached hydrogens (tertiary/aromatic N) is 1. The van der Waals surface area contributed by atoms with Crippen molar-refractivity contribution in [2.75, 3.05) is 13.1 Å². The summed E-state index contributed by atoms with van der Waals surface area (Å²) in [4.78, 5) is 25.2. The standard InChI is InChI=1S/C19H19F3N2O2/c1-12-3-5-14(6-4-12)11-24(13(2)25)10-9-23-19(26)15-7-8-16(20)18(22)17(15)21/h3-8H,9-11H2,1-2H3,(H,23,26). The topological polar surface area (TPSA) is 49.4 Å². The van der Waals surface area contributed by atoms with Crippen molar-refractivity contribution < 1.29 is 22.8 Å². The summed E-state index contributed by atoms with van der Waals surface area (Å²) in [6, 6.07) is 9.23. The molecule has 2 rings (SSSR count). The molecule has 0 aliphatic heterocycles. The molecule has 0 atom stereocenters. The third-order valence-corrected chi connectivity index (χ3v) is 3.89. The molecule has 0 unspecified atom stereocenters. The van der Waals surface area contributed by atoms with E-state index in [-0.39, 0.29) is 19.0 Å². The molecule has 0 heterocycles. The van der Waals surface area contributed by atoms with E-state index < -0.39 is 28.9 Å². The molecule has 1 N–H and O–H groups in total. The molecule has 0 bridgehead atoms. The minimum Gasteiger partial charge on any atom is -0.350 e. The van der Waals surface area contributed by atoms with E-state index >= 15 is 0 Å². The number of nitrogens with one attached hydrogen (secondary N) is 1. The van der Waals surface area contributed by atoms with Gasteiger partial charge in [-0.1, -0.05) is 29.8 Å². The van der Waals surface area contributed by atoms with Gasteiger partial charge in [-0.15, -0.1) is 0 Å². The van der Waals surface area contributed by atoms with Gasteiger partial charge in [0.2, 0.25) is 5.91 Å². The molecule has 0 radical (unpaired) electrons. The molecule has 0 fully saturated rings. The molecule has 0 spiro atoms. The van der Waals surface area contributed by atoms with Gasteiger partial charge in [0.05, 0.1) is 5.56 Å². The zero-order valence-corrected chi connectivity index (χ0v) is 14.5. The van der Waals surface area contributed by atoms with Crippen LogP contribution in [0.1, 0.15) is 28.4 Å². The Morgan fingerprint density at radius 1 is 1.00 bits per heavy atom. The van der Waals surface area contributed by atoms with Crippen LogP contribution in [0.15, 0.2) is 36.4 Å². The van der Waals surface area contributed by atoms with E-state index in [9.17, 15) is 22.8 Å². The zero-order chi connectivity index (χ0) is 19.3.